The molecule has 1 rings (SSSR count). The average Bonchev–Trinajstić information content (AvgIpc) is 1.83. The van der Waals surface area contributed by atoms with Crippen LogP contribution < -0.4 is 4.46 Å². The number of rotatable bonds is 0. The molecule has 0 fully saturated rings. The summed E-state index contributed by atoms with van der Waals surface area (Å²) in [4.78, 5) is 0. The molecule has 0 atom stereocenters. The van der Waals surface area contributed by atoms with Crippen LogP contribution in [0.15, 0.2) is 18.2 Å². The zero-order chi connectivity index (χ0) is 6.85. The Kier molecular flexibility index (Phi) is 1.94. The van der Waals surface area contributed by atoms with E-state index in [9.17, 15) is 0 Å². The fraction of sp³-hybridized carbons (Fsp3) is 0.250. The first-order chi connectivity index (χ1) is 4.22. The van der Waals surface area contributed by atoms with Gasteiger partial charge in [-0.15, -0.1) is 0 Å². The molecule has 1 aromatic rings. The van der Waals surface area contributed by atoms with Crippen molar-refractivity contribution in [3.05, 3.63) is 29.3 Å². The van der Waals surface area contributed by atoms with Gasteiger partial charge in [-0.2, -0.15) is 0 Å². The summed E-state index contributed by atoms with van der Waals surface area (Å²) in [5.41, 5.74) is 2.76. The van der Waals surface area contributed by atoms with Gasteiger partial charge in [-0.1, -0.05) is 0 Å². The number of benzene rings is 1. The third-order valence-corrected chi connectivity index (χ3v) is 2.59. The Morgan fingerprint density at radius 3 is 2.33 bits per heavy atom. The van der Waals surface area contributed by atoms with E-state index in [1.165, 1.54) is 15.6 Å². The second-order valence-corrected chi connectivity index (χ2v) is 3.23. The van der Waals surface area contributed by atoms with Crippen LogP contribution in [0.4, 0.5) is 0 Å². The van der Waals surface area contributed by atoms with E-state index >= 15 is 0 Å². The molecule has 0 bridgehead atoms. The van der Waals surface area contributed by atoms with E-state index in [0.29, 0.717) is 0 Å². The van der Waals surface area contributed by atoms with Gasteiger partial charge in [-0.3, -0.25) is 0 Å². The Bertz CT molecular complexity index is 196. The molecular weight excluding hydrogens is 175 g/mol. The van der Waals surface area contributed by atoms with Crippen molar-refractivity contribution in [2.45, 2.75) is 13.8 Å². The Labute approximate surface area is 64.1 Å². The van der Waals surface area contributed by atoms with Crippen LogP contribution in [0.5, 0.6) is 0 Å². The molecule has 0 N–H and O–H groups in total. The van der Waals surface area contributed by atoms with Gasteiger partial charge in [0.05, 0.1) is 0 Å². The van der Waals surface area contributed by atoms with E-state index < -0.39 is 0 Å². The van der Waals surface area contributed by atoms with Crippen molar-refractivity contribution < 1.29 is 0 Å². The molecule has 0 radical (unpaired) electrons. The summed E-state index contributed by atoms with van der Waals surface area (Å²) in [5.74, 6) is 0. The van der Waals surface area contributed by atoms with Crippen LogP contribution in [-0.4, -0.2) is 16.0 Å². The summed E-state index contributed by atoms with van der Waals surface area (Å²) >= 11 is 2.58. The third kappa shape index (κ3) is 1.35. The molecule has 0 saturated heterocycles. The van der Waals surface area contributed by atoms with Crippen molar-refractivity contribution in [1.82, 2.24) is 0 Å². The van der Waals surface area contributed by atoms with Crippen LogP contribution in [-0.2, 0) is 0 Å². The molecule has 0 aliphatic heterocycles. The van der Waals surface area contributed by atoms with Crippen LogP contribution in [0.1, 0.15) is 11.1 Å². The summed E-state index contributed by atoms with van der Waals surface area (Å²) < 4.78 is 1.32. The van der Waals surface area contributed by atoms with E-state index in [1.807, 2.05) is 0 Å². The Balaban J connectivity index is 3.25. The summed E-state index contributed by atoms with van der Waals surface area (Å²) in [6.45, 7) is 4.27. The van der Waals surface area contributed by atoms with Gasteiger partial charge in [0.2, 0.25) is 0 Å². The first kappa shape index (κ1) is 6.85. The monoisotopic (exact) mass is 186 g/mol. The van der Waals surface area contributed by atoms with Gasteiger partial charge in [-0.05, 0) is 0 Å². The predicted octanol–water partition coefficient (Wildman–Crippen LogP) is 0.830. The number of hydrogen-bond acceptors (Lipinski definition) is 0. The second-order valence-electron chi connectivity index (χ2n) is 2.22. The quantitative estimate of drug-likeness (QED) is 0.525. The zero-order valence-electron chi connectivity index (χ0n) is 5.68. The van der Waals surface area contributed by atoms with E-state index in [1.54, 1.807) is 0 Å². The maximum absolute atomic E-state index is 2.58. The Morgan fingerprint density at radius 2 is 1.89 bits per heavy atom. The molecule has 0 saturated carbocycles. The van der Waals surface area contributed by atoms with Gasteiger partial charge in [-0.25, -0.2) is 0 Å². The van der Waals surface area contributed by atoms with Crippen LogP contribution in [0.3, 0.4) is 0 Å². The standard InChI is InChI=1S/C8H10Se/c1-6-4-3-5-8(9)7(6)2/h3-5,9H,1-2H3. The van der Waals surface area contributed by atoms with Crippen molar-refractivity contribution in [2.24, 2.45) is 0 Å². The third-order valence-electron chi connectivity index (χ3n) is 1.58. The molecule has 1 heteroatoms. The predicted molar refractivity (Wildman–Crippen MR) is 42.7 cm³/mol. The molecule has 9 heavy (non-hydrogen) atoms. The van der Waals surface area contributed by atoms with Crippen LogP contribution in [0.25, 0.3) is 0 Å². The summed E-state index contributed by atoms with van der Waals surface area (Å²) in [6.07, 6.45) is 0. The molecule has 0 aliphatic carbocycles. The summed E-state index contributed by atoms with van der Waals surface area (Å²) in [6, 6.07) is 6.32. The van der Waals surface area contributed by atoms with Gasteiger partial charge < -0.3 is 0 Å². The topological polar surface area (TPSA) is 0 Å². The number of hydrogen-bond donors (Lipinski definition) is 0. The van der Waals surface area contributed by atoms with Gasteiger partial charge in [0, 0.05) is 0 Å². The fourth-order valence-electron chi connectivity index (χ4n) is 0.736. The van der Waals surface area contributed by atoms with Gasteiger partial charge in [0.15, 0.2) is 0 Å². The van der Waals surface area contributed by atoms with Crippen molar-refractivity contribution in [1.29, 1.82) is 0 Å². The fourth-order valence-corrected chi connectivity index (χ4v) is 1.29. The minimum atomic E-state index is 1.32. The molecule has 0 amide bonds. The second kappa shape index (κ2) is 2.55. The zero-order valence-corrected chi connectivity index (χ0v) is 7.56. The number of aryl methyl sites for hydroxylation is 1. The molecule has 0 aliphatic rings. The van der Waals surface area contributed by atoms with E-state index in [4.69, 9.17) is 0 Å². The molecule has 48 valence electrons. The first-order valence-electron chi connectivity index (χ1n) is 2.97. The van der Waals surface area contributed by atoms with Gasteiger partial charge in [0.25, 0.3) is 0 Å². The summed E-state index contributed by atoms with van der Waals surface area (Å²) in [7, 11) is 0. The molecule has 0 heterocycles. The molecule has 1 aromatic carbocycles. The molecule has 0 unspecified atom stereocenters. The minimum absolute atomic E-state index is 1.32. The van der Waals surface area contributed by atoms with Crippen LogP contribution in [0.2, 0.25) is 0 Å². The van der Waals surface area contributed by atoms with Crippen LogP contribution in [0, 0.1) is 13.8 Å². The van der Waals surface area contributed by atoms with Crippen molar-refractivity contribution in [3.63, 3.8) is 0 Å². The van der Waals surface area contributed by atoms with Crippen molar-refractivity contribution in [3.8, 4) is 0 Å². The normalized spacial score (nSPS) is 9.67. The van der Waals surface area contributed by atoms with Crippen molar-refractivity contribution in [2.75, 3.05) is 0 Å². The SMILES string of the molecule is Cc1cccc([SeH])c1C. The Hall–Kier alpha value is -0.261. The Morgan fingerprint density at radius 1 is 1.22 bits per heavy atom. The molecule has 0 spiro atoms. The first-order valence-corrected chi connectivity index (χ1v) is 3.91. The average molecular weight is 185 g/mol. The van der Waals surface area contributed by atoms with Gasteiger partial charge >= 0.3 is 63.6 Å². The van der Waals surface area contributed by atoms with E-state index in [-0.39, 0.29) is 0 Å². The maximum atomic E-state index is 2.58. The van der Waals surface area contributed by atoms with Gasteiger partial charge in [0.1, 0.15) is 0 Å². The van der Waals surface area contributed by atoms with E-state index in [2.05, 4.69) is 48.1 Å². The summed E-state index contributed by atoms with van der Waals surface area (Å²) in [5, 5.41) is 0. The van der Waals surface area contributed by atoms with Crippen LogP contribution >= 0.6 is 0 Å². The molecular formula is C8H10Se. The van der Waals surface area contributed by atoms with Crippen molar-refractivity contribution >= 4 is 20.5 Å². The van der Waals surface area contributed by atoms with E-state index in [0.717, 1.165) is 0 Å². The molecule has 0 aromatic heterocycles. The molecule has 0 nitrogen and oxygen atoms in total.